The molecule has 0 spiro atoms. The predicted octanol–water partition coefficient (Wildman–Crippen LogP) is 0.176. The van der Waals surface area contributed by atoms with Crippen molar-refractivity contribution in [3.05, 3.63) is 30.6 Å². The van der Waals surface area contributed by atoms with Crippen LogP contribution in [0, 0.1) is 0 Å². The molecule has 0 fully saturated rings. The van der Waals surface area contributed by atoms with Gasteiger partial charge in [0, 0.05) is 12.4 Å². The number of nitrogens with zero attached hydrogens (tertiary/aromatic N) is 1. The molecule has 0 amide bonds. The molecule has 0 saturated heterocycles. The summed E-state index contributed by atoms with van der Waals surface area (Å²) in [6, 6.07) is 4.38. The van der Waals surface area contributed by atoms with Crippen LogP contribution < -0.4 is 11.5 Å². The summed E-state index contributed by atoms with van der Waals surface area (Å²) >= 11 is 0. The van der Waals surface area contributed by atoms with Gasteiger partial charge >= 0.3 is 5.97 Å². The van der Waals surface area contributed by atoms with Crippen molar-refractivity contribution in [3.63, 3.8) is 0 Å². The minimum Gasteiger partial charge on any atom is -0.480 e. The van der Waals surface area contributed by atoms with E-state index in [4.69, 9.17) is 16.6 Å². The summed E-state index contributed by atoms with van der Waals surface area (Å²) in [4.78, 5) is 24.0. The topological polar surface area (TPSA) is 119 Å². The fourth-order valence-electron chi connectivity index (χ4n) is 1.08. The smallest absolute Gasteiger partial charge is 0.320 e. The molecule has 1 rings (SSSR count). The van der Waals surface area contributed by atoms with E-state index in [1.165, 1.54) is 0 Å². The third kappa shape index (κ3) is 9.44. The standard InChI is InChI=1S/C7H14N2O3.C5H5N/c8-5(4-10)2-1-3-6(9)7(11)12;1-2-4-6-5-3-1/h4-6H,1-3,8-9H2,(H,11,12);1-5H. The summed E-state index contributed by atoms with van der Waals surface area (Å²) in [6.07, 6.45) is 5.56. The Morgan fingerprint density at radius 2 is 1.83 bits per heavy atom. The van der Waals surface area contributed by atoms with Gasteiger partial charge in [-0.1, -0.05) is 6.07 Å². The maximum absolute atomic E-state index is 10.2. The highest BCUT2D eigenvalue weighted by atomic mass is 16.4. The number of pyridine rings is 1. The SMILES string of the molecule is NC(C=O)CCCC(N)C(=O)O.c1ccncc1. The molecule has 1 heterocycles. The molecular formula is C12H19N3O3. The summed E-state index contributed by atoms with van der Waals surface area (Å²) in [6.45, 7) is 0. The van der Waals surface area contributed by atoms with Crippen molar-refractivity contribution in [1.82, 2.24) is 4.98 Å². The predicted molar refractivity (Wildman–Crippen MR) is 67.7 cm³/mol. The molecule has 5 N–H and O–H groups in total. The number of aldehydes is 1. The van der Waals surface area contributed by atoms with Gasteiger partial charge in [-0.15, -0.1) is 0 Å². The lowest BCUT2D eigenvalue weighted by Gasteiger charge is -2.06. The first-order chi connectivity index (χ1) is 8.57. The molecule has 100 valence electrons. The van der Waals surface area contributed by atoms with E-state index in [2.05, 4.69) is 4.98 Å². The number of carboxylic acids is 1. The Labute approximate surface area is 106 Å². The van der Waals surface area contributed by atoms with Gasteiger partial charge in [0.25, 0.3) is 0 Å². The number of rotatable bonds is 6. The Bertz CT molecular complexity index is 306. The van der Waals surface area contributed by atoms with Gasteiger partial charge in [-0.2, -0.15) is 0 Å². The Balaban J connectivity index is 0.000000397. The Morgan fingerprint density at radius 1 is 1.22 bits per heavy atom. The molecule has 2 unspecified atom stereocenters. The van der Waals surface area contributed by atoms with Crippen LogP contribution in [0.1, 0.15) is 19.3 Å². The number of carbonyl (C=O) groups is 2. The quantitative estimate of drug-likeness (QED) is 0.622. The van der Waals surface area contributed by atoms with Crippen LogP contribution in [0.5, 0.6) is 0 Å². The van der Waals surface area contributed by atoms with E-state index in [9.17, 15) is 9.59 Å². The van der Waals surface area contributed by atoms with Crippen molar-refractivity contribution in [2.24, 2.45) is 11.5 Å². The third-order valence-electron chi connectivity index (χ3n) is 2.11. The minimum absolute atomic E-state index is 0.358. The molecule has 0 radical (unpaired) electrons. The number of aliphatic carboxylic acids is 1. The lowest BCUT2D eigenvalue weighted by atomic mass is 10.1. The van der Waals surface area contributed by atoms with E-state index in [1.54, 1.807) is 12.4 Å². The number of nitrogens with two attached hydrogens (primary N) is 2. The molecule has 6 nitrogen and oxygen atoms in total. The second-order valence-corrected chi connectivity index (χ2v) is 3.70. The molecule has 18 heavy (non-hydrogen) atoms. The summed E-state index contributed by atoms with van der Waals surface area (Å²) in [5, 5.41) is 8.38. The largest absolute Gasteiger partial charge is 0.480 e. The molecule has 2 atom stereocenters. The van der Waals surface area contributed by atoms with E-state index in [0.717, 1.165) is 0 Å². The first kappa shape index (κ1) is 16.2. The summed E-state index contributed by atoms with van der Waals surface area (Å²) in [7, 11) is 0. The van der Waals surface area contributed by atoms with E-state index < -0.39 is 18.1 Å². The normalized spacial score (nSPS) is 12.8. The molecule has 1 aromatic heterocycles. The highest BCUT2D eigenvalue weighted by Gasteiger charge is 2.11. The van der Waals surface area contributed by atoms with Crippen molar-refractivity contribution in [1.29, 1.82) is 0 Å². The first-order valence-electron chi connectivity index (χ1n) is 5.62. The third-order valence-corrected chi connectivity index (χ3v) is 2.11. The van der Waals surface area contributed by atoms with Gasteiger partial charge in [-0.3, -0.25) is 9.78 Å². The second kappa shape index (κ2) is 10.4. The van der Waals surface area contributed by atoms with Crippen molar-refractivity contribution in [2.75, 3.05) is 0 Å². The van der Waals surface area contributed by atoms with Gasteiger partial charge in [-0.05, 0) is 31.4 Å². The monoisotopic (exact) mass is 253 g/mol. The number of carbonyl (C=O) groups excluding carboxylic acids is 1. The van der Waals surface area contributed by atoms with Crippen molar-refractivity contribution in [3.8, 4) is 0 Å². The molecule has 6 heteroatoms. The highest BCUT2D eigenvalue weighted by Crippen LogP contribution is 2.00. The van der Waals surface area contributed by atoms with Gasteiger partial charge < -0.3 is 21.4 Å². The van der Waals surface area contributed by atoms with Crippen LogP contribution in [-0.4, -0.2) is 34.4 Å². The van der Waals surface area contributed by atoms with Crippen LogP contribution in [0.15, 0.2) is 30.6 Å². The Morgan fingerprint density at radius 3 is 2.17 bits per heavy atom. The zero-order valence-corrected chi connectivity index (χ0v) is 10.1. The highest BCUT2D eigenvalue weighted by molar-refractivity contribution is 5.72. The lowest BCUT2D eigenvalue weighted by Crippen LogP contribution is -2.30. The number of hydrogen-bond acceptors (Lipinski definition) is 5. The van der Waals surface area contributed by atoms with E-state index >= 15 is 0 Å². The Hall–Kier alpha value is -1.79. The van der Waals surface area contributed by atoms with Gasteiger partial charge in [0.05, 0.1) is 6.04 Å². The molecular weight excluding hydrogens is 234 g/mol. The second-order valence-electron chi connectivity index (χ2n) is 3.70. The molecule has 0 saturated carbocycles. The fraction of sp³-hybridized carbons (Fsp3) is 0.417. The number of aromatic nitrogens is 1. The average molecular weight is 253 g/mol. The maximum atomic E-state index is 10.2. The van der Waals surface area contributed by atoms with Crippen LogP contribution in [0.2, 0.25) is 0 Å². The van der Waals surface area contributed by atoms with Gasteiger partial charge in [0.1, 0.15) is 12.3 Å². The van der Waals surface area contributed by atoms with Crippen molar-refractivity contribution < 1.29 is 14.7 Å². The van der Waals surface area contributed by atoms with E-state index in [-0.39, 0.29) is 0 Å². The van der Waals surface area contributed by atoms with Crippen molar-refractivity contribution in [2.45, 2.75) is 31.3 Å². The number of hydrogen-bond donors (Lipinski definition) is 3. The molecule has 0 aliphatic carbocycles. The van der Waals surface area contributed by atoms with Crippen molar-refractivity contribution >= 4 is 12.3 Å². The van der Waals surface area contributed by atoms with Crippen LogP contribution in [-0.2, 0) is 9.59 Å². The van der Waals surface area contributed by atoms with Gasteiger partial charge in [-0.25, -0.2) is 0 Å². The van der Waals surface area contributed by atoms with Gasteiger partial charge in [0.2, 0.25) is 0 Å². The van der Waals surface area contributed by atoms with Gasteiger partial charge in [0.15, 0.2) is 0 Å². The zero-order chi connectivity index (χ0) is 13.8. The molecule has 0 aliphatic rings. The minimum atomic E-state index is -1.02. The lowest BCUT2D eigenvalue weighted by molar-refractivity contribution is -0.138. The van der Waals surface area contributed by atoms with Crippen LogP contribution >= 0.6 is 0 Å². The Kier molecular flexibility index (Phi) is 9.34. The molecule has 0 bridgehead atoms. The maximum Gasteiger partial charge on any atom is 0.320 e. The van der Waals surface area contributed by atoms with Crippen LogP contribution in [0.3, 0.4) is 0 Å². The summed E-state index contributed by atoms with van der Waals surface area (Å²) < 4.78 is 0. The first-order valence-corrected chi connectivity index (χ1v) is 5.62. The van der Waals surface area contributed by atoms with E-state index in [1.807, 2.05) is 18.2 Å². The average Bonchev–Trinajstić information content (AvgIpc) is 2.41. The van der Waals surface area contributed by atoms with Crippen LogP contribution in [0.25, 0.3) is 0 Å². The van der Waals surface area contributed by atoms with E-state index in [0.29, 0.717) is 25.5 Å². The summed E-state index contributed by atoms with van der Waals surface area (Å²) in [5.41, 5.74) is 10.5. The molecule has 1 aromatic rings. The molecule has 0 aromatic carbocycles. The number of carboxylic acid groups (broad SMARTS) is 1. The van der Waals surface area contributed by atoms with Crippen LogP contribution in [0.4, 0.5) is 0 Å². The zero-order valence-electron chi connectivity index (χ0n) is 10.1. The fourth-order valence-corrected chi connectivity index (χ4v) is 1.08. The molecule has 0 aliphatic heterocycles. The summed E-state index contributed by atoms with van der Waals surface area (Å²) in [5.74, 6) is -1.02.